The van der Waals surface area contributed by atoms with E-state index in [0.717, 1.165) is 51.4 Å². The third-order valence-corrected chi connectivity index (χ3v) is 7.90. The summed E-state index contributed by atoms with van der Waals surface area (Å²) in [6.07, 6.45) is 23.9. The van der Waals surface area contributed by atoms with Crippen molar-refractivity contribution in [2.45, 2.75) is 200 Å². The van der Waals surface area contributed by atoms with Crippen LogP contribution in [0.5, 0.6) is 0 Å². The molecule has 0 aromatic rings. The summed E-state index contributed by atoms with van der Waals surface area (Å²) in [5.41, 5.74) is 5.43. The van der Waals surface area contributed by atoms with Crippen molar-refractivity contribution >= 4 is 17.9 Å². The van der Waals surface area contributed by atoms with Crippen molar-refractivity contribution in [2.75, 3.05) is 19.7 Å². The van der Waals surface area contributed by atoms with Crippen molar-refractivity contribution in [1.82, 2.24) is 5.32 Å². The van der Waals surface area contributed by atoms with E-state index in [1.54, 1.807) is 0 Å². The van der Waals surface area contributed by atoms with Gasteiger partial charge in [-0.1, -0.05) is 123 Å². The van der Waals surface area contributed by atoms with E-state index in [0.29, 0.717) is 32.4 Å². The third-order valence-electron chi connectivity index (χ3n) is 7.90. The topological polar surface area (TPSA) is 117 Å². The van der Waals surface area contributed by atoms with Gasteiger partial charge in [-0.15, -0.1) is 0 Å². The molecule has 2 unspecified atom stereocenters. The van der Waals surface area contributed by atoms with Gasteiger partial charge in [-0.2, -0.15) is 0 Å². The molecule has 0 radical (unpaired) electrons. The highest BCUT2D eigenvalue weighted by atomic mass is 16.6. The molecular weight excluding hydrogens is 568 g/mol. The van der Waals surface area contributed by atoms with Gasteiger partial charge in [-0.3, -0.25) is 14.4 Å². The number of nitrogens with two attached hydrogens (primary N) is 1. The first kappa shape index (κ1) is 43.3. The molecule has 0 heterocycles. The number of hydrogen-bond donors (Lipinski definition) is 2. The lowest BCUT2D eigenvalue weighted by Gasteiger charge is -2.22. The Morgan fingerprint density at radius 3 is 1.60 bits per heavy atom. The van der Waals surface area contributed by atoms with E-state index in [1.165, 1.54) is 77.0 Å². The molecular formula is C37H72N2O6. The number of ether oxygens (including phenoxy) is 3. The van der Waals surface area contributed by atoms with E-state index in [-0.39, 0.29) is 24.5 Å². The molecule has 266 valence electrons. The highest BCUT2D eigenvalue weighted by Crippen LogP contribution is 2.13. The maximum Gasteiger partial charge on any atom is 0.323 e. The maximum absolute atomic E-state index is 12.6. The summed E-state index contributed by atoms with van der Waals surface area (Å²) in [5, 5.41) is 3.32. The summed E-state index contributed by atoms with van der Waals surface area (Å²) >= 11 is 0. The number of rotatable bonds is 31. The number of unbranched alkanes of at least 4 members (excludes halogenated alkanes) is 17. The summed E-state index contributed by atoms with van der Waals surface area (Å²) in [4.78, 5) is 37.0. The molecule has 3 N–H and O–H groups in total. The fourth-order valence-electron chi connectivity index (χ4n) is 5.17. The van der Waals surface area contributed by atoms with Gasteiger partial charge < -0.3 is 25.3 Å². The highest BCUT2D eigenvalue weighted by Gasteiger charge is 2.22. The molecule has 0 aromatic carbocycles. The minimum Gasteiger partial charge on any atom is -0.462 e. The number of hydrogen-bond acceptors (Lipinski definition) is 8. The fourth-order valence-corrected chi connectivity index (χ4v) is 5.17. The number of carbonyl (C=O) groups is 3. The molecule has 0 aliphatic carbocycles. The Hall–Kier alpha value is -1.67. The molecule has 2 atom stereocenters. The second-order valence-corrected chi connectivity index (χ2v) is 13.8. The smallest absolute Gasteiger partial charge is 0.323 e. The van der Waals surface area contributed by atoms with Crippen molar-refractivity contribution in [1.29, 1.82) is 0 Å². The van der Waals surface area contributed by atoms with Crippen molar-refractivity contribution < 1.29 is 28.6 Å². The van der Waals surface area contributed by atoms with E-state index in [1.807, 2.05) is 20.8 Å². The van der Waals surface area contributed by atoms with Crippen LogP contribution in [0.25, 0.3) is 0 Å². The molecule has 0 fully saturated rings. The van der Waals surface area contributed by atoms with Crippen LogP contribution < -0.4 is 11.1 Å². The molecule has 8 nitrogen and oxygen atoms in total. The van der Waals surface area contributed by atoms with Crippen LogP contribution in [0.1, 0.15) is 182 Å². The van der Waals surface area contributed by atoms with Crippen LogP contribution in [0.2, 0.25) is 0 Å². The van der Waals surface area contributed by atoms with Crippen LogP contribution in [0.4, 0.5) is 0 Å². The summed E-state index contributed by atoms with van der Waals surface area (Å²) < 4.78 is 16.6. The highest BCUT2D eigenvalue weighted by molar-refractivity contribution is 5.75. The van der Waals surface area contributed by atoms with Gasteiger partial charge in [0.2, 0.25) is 0 Å². The summed E-state index contributed by atoms with van der Waals surface area (Å²) in [7, 11) is 0. The van der Waals surface area contributed by atoms with E-state index in [4.69, 9.17) is 19.9 Å². The zero-order valence-corrected chi connectivity index (χ0v) is 30.1. The number of nitrogens with one attached hydrogen (secondary N) is 1. The second-order valence-electron chi connectivity index (χ2n) is 13.8. The van der Waals surface area contributed by atoms with Crippen LogP contribution in [-0.2, 0) is 28.6 Å². The Morgan fingerprint density at radius 2 is 1.11 bits per heavy atom. The largest absolute Gasteiger partial charge is 0.462 e. The minimum absolute atomic E-state index is 0.0658. The van der Waals surface area contributed by atoms with Crippen molar-refractivity contribution in [3.8, 4) is 0 Å². The Morgan fingerprint density at radius 1 is 0.644 bits per heavy atom. The van der Waals surface area contributed by atoms with Gasteiger partial charge in [-0.25, -0.2) is 0 Å². The molecule has 0 saturated heterocycles. The molecule has 0 bridgehead atoms. The molecule has 0 aliphatic heterocycles. The lowest BCUT2D eigenvalue weighted by molar-refractivity contribution is -0.159. The molecule has 45 heavy (non-hydrogen) atoms. The van der Waals surface area contributed by atoms with Crippen molar-refractivity contribution in [3.05, 3.63) is 0 Å². The van der Waals surface area contributed by atoms with Crippen molar-refractivity contribution in [3.63, 3.8) is 0 Å². The van der Waals surface area contributed by atoms with E-state index in [2.05, 4.69) is 19.2 Å². The van der Waals surface area contributed by atoms with Gasteiger partial charge in [-0.05, 0) is 53.0 Å². The zero-order chi connectivity index (χ0) is 33.6. The summed E-state index contributed by atoms with van der Waals surface area (Å²) in [5.74, 6) is -0.837. The normalized spacial score (nSPS) is 12.9. The van der Waals surface area contributed by atoms with Crippen LogP contribution in [0, 0.1) is 0 Å². The maximum atomic E-state index is 12.6. The first-order valence-corrected chi connectivity index (χ1v) is 18.6. The minimum atomic E-state index is -0.635. The Balaban J connectivity index is 4.40. The monoisotopic (exact) mass is 641 g/mol. The number of carbonyl (C=O) groups excluding carboxylic acids is 3. The Bertz CT molecular complexity index is 724. The van der Waals surface area contributed by atoms with Crippen LogP contribution in [0.15, 0.2) is 0 Å². The predicted octanol–water partition coefficient (Wildman–Crippen LogP) is 8.71. The van der Waals surface area contributed by atoms with E-state index >= 15 is 0 Å². The first-order chi connectivity index (χ1) is 21.6. The average Bonchev–Trinajstić information content (AvgIpc) is 2.98. The average molecular weight is 641 g/mol. The molecule has 0 spiro atoms. The third kappa shape index (κ3) is 30.7. The lowest BCUT2D eigenvalue weighted by Crippen LogP contribution is -2.37. The van der Waals surface area contributed by atoms with Gasteiger partial charge in [0.15, 0.2) is 0 Å². The summed E-state index contributed by atoms with van der Waals surface area (Å²) in [6.45, 7) is 11.1. The SMILES string of the molecule is CCCCCCCCCCCC(=O)OCC(CNCCCCC(N)C(=O)OC(C)(C)C)OC(=O)CCCCCCCCCCC. The standard InChI is InChI=1S/C37H72N2O6/c1-6-8-10-12-14-16-18-20-22-27-34(40)43-31-32(44-35(41)28-23-21-19-17-15-13-11-9-7-2)30-39-29-25-24-26-33(38)36(42)45-37(3,4)5/h32-33,39H,6-31,38H2,1-5H3. The quantitative estimate of drug-likeness (QED) is 0.0439. The Labute approximate surface area is 277 Å². The van der Waals surface area contributed by atoms with Gasteiger partial charge >= 0.3 is 17.9 Å². The van der Waals surface area contributed by atoms with Gasteiger partial charge in [0, 0.05) is 19.4 Å². The van der Waals surface area contributed by atoms with Crippen molar-refractivity contribution in [2.24, 2.45) is 5.73 Å². The lowest BCUT2D eigenvalue weighted by atomic mass is 10.1. The molecule has 0 aromatic heterocycles. The first-order valence-electron chi connectivity index (χ1n) is 18.6. The fraction of sp³-hybridized carbons (Fsp3) is 0.919. The van der Waals surface area contributed by atoms with E-state index in [9.17, 15) is 14.4 Å². The van der Waals surface area contributed by atoms with Gasteiger partial charge in [0.05, 0.1) is 0 Å². The van der Waals surface area contributed by atoms with Crippen LogP contribution >= 0.6 is 0 Å². The number of esters is 3. The molecule has 0 saturated carbocycles. The van der Waals surface area contributed by atoms with Gasteiger partial charge in [0.1, 0.15) is 24.4 Å². The van der Waals surface area contributed by atoms with Crippen LogP contribution in [0.3, 0.4) is 0 Å². The Kier molecular flexibility index (Phi) is 28.6. The summed E-state index contributed by atoms with van der Waals surface area (Å²) in [6, 6.07) is -0.635. The predicted molar refractivity (Wildman–Crippen MR) is 185 cm³/mol. The van der Waals surface area contributed by atoms with Gasteiger partial charge in [0.25, 0.3) is 0 Å². The second kappa shape index (κ2) is 29.7. The zero-order valence-electron chi connectivity index (χ0n) is 30.1. The van der Waals surface area contributed by atoms with E-state index < -0.39 is 17.7 Å². The molecule has 8 heteroatoms. The van der Waals surface area contributed by atoms with Crippen LogP contribution in [-0.4, -0.2) is 55.4 Å². The molecule has 0 aliphatic rings. The molecule has 0 rings (SSSR count). The molecule has 0 amide bonds.